The lowest BCUT2D eigenvalue weighted by molar-refractivity contribution is 0.122. The van der Waals surface area contributed by atoms with Crippen LogP contribution in [0.5, 0.6) is 0 Å². The molecule has 2 amide bonds. The van der Waals surface area contributed by atoms with E-state index in [-0.39, 0.29) is 6.03 Å². The number of hydrogen-bond donors (Lipinski definition) is 1. The van der Waals surface area contributed by atoms with Gasteiger partial charge in [-0.25, -0.2) is 14.8 Å². The van der Waals surface area contributed by atoms with Gasteiger partial charge in [-0.2, -0.15) is 0 Å². The van der Waals surface area contributed by atoms with Crippen molar-refractivity contribution in [2.24, 2.45) is 0 Å². The first-order valence-electron chi connectivity index (χ1n) is 10.1. The second kappa shape index (κ2) is 8.65. The Morgan fingerprint density at radius 3 is 2.21 bits per heavy atom. The van der Waals surface area contributed by atoms with Crippen molar-refractivity contribution in [3.05, 3.63) is 41.7 Å². The van der Waals surface area contributed by atoms with Crippen molar-refractivity contribution in [2.75, 3.05) is 67.6 Å². The highest BCUT2D eigenvalue weighted by atomic mass is 16.5. The number of carbonyl (C=O) groups excluding carboxylic acids is 1. The van der Waals surface area contributed by atoms with Crippen molar-refractivity contribution in [1.82, 2.24) is 14.9 Å². The molecule has 1 aromatic heterocycles. The van der Waals surface area contributed by atoms with Gasteiger partial charge in [-0.15, -0.1) is 0 Å². The van der Waals surface area contributed by atoms with Gasteiger partial charge in [-0.3, -0.25) is 0 Å². The van der Waals surface area contributed by atoms with E-state index in [2.05, 4.69) is 38.9 Å². The number of ether oxygens (including phenoxy) is 1. The van der Waals surface area contributed by atoms with Gasteiger partial charge in [0.2, 0.25) is 0 Å². The van der Waals surface area contributed by atoms with E-state index >= 15 is 0 Å². The fraction of sp³-hybridized carbons (Fsp3) is 0.476. The van der Waals surface area contributed by atoms with Crippen molar-refractivity contribution in [3.8, 4) is 0 Å². The summed E-state index contributed by atoms with van der Waals surface area (Å²) in [5, 5.41) is 3.01. The molecule has 2 aliphatic heterocycles. The van der Waals surface area contributed by atoms with Crippen LogP contribution in [0.15, 0.2) is 30.6 Å². The first-order chi connectivity index (χ1) is 14.1. The van der Waals surface area contributed by atoms with Gasteiger partial charge in [0.05, 0.1) is 13.2 Å². The average molecular weight is 396 g/mol. The summed E-state index contributed by atoms with van der Waals surface area (Å²) >= 11 is 0. The molecule has 0 atom stereocenters. The van der Waals surface area contributed by atoms with E-state index in [4.69, 9.17) is 4.74 Å². The van der Waals surface area contributed by atoms with Gasteiger partial charge >= 0.3 is 6.03 Å². The predicted molar refractivity (Wildman–Crippen MR) is 114 cm³/mol. The highest BCUT2D eigenvalue weighted by molar-refractivity contribution is 5.89. The topological polar surface area (TPSA) is 73.8 Å². The molecule has 29 heavy (non-hydrogen) atoms. The summed E-state index contributed by atoms with van der Waals surface area (Å²) in [6.07, 6.45) is 1.62. The van der Waals surface area contributed by atoms with Crippen LogP contribution in [0, 0.1) is 13.8 Å². The van der Waals surface area contributed by atoms with E-state index in [9.17, 15) is 4.79 Å². The highest BCUT2D eigenvalue weighted by Gasteiger charge is 2.23. The fourth-order valence-corrected chi connectivity index (χ4v) is 3.64. The van der Waals surface area contributed by atoms with Crippen molar-refractivity contribution in [1.29, 1.82) is 0 Å². The molecule has 0 unspecified atom stereocenters. The summed E-state index contributed by atoms with van der Waals surface area (Å²) in [4.78, 5) is 27.8. The summed E-state index contributed by atoms with van der Waals surface area (Å²) < 4.78 is 5.42. The number of hydrogen-bond acceptors (Lipinski definition) is 6. The number of urea groups is 1. The van der Waals surface area contributed by atoms with Crippen LogP contribution in [0.2, 0.25) is 0 Å². The Hall–Kier alpha value is -2.87. The molecule has 0 bridgehead atoms. The number of nitrogens with one attached hydrogen (secondary N) is 1. The third-order valence-corrected chi connectivity index (χ3v) is 5.62. The number of morpholine rings is 1. The molecule has 154 valence electrons. The van der Waals surface area contributed by atoms with Crippen LogP contribution < -0.4 is 15.1 Å². The van der Waals surface area contributed by atoms with Crippen molar-refractivity contribution >= 4 is 23.4 Å². The maximum Gasteiger partial charge on any atom is 0.321 e. The van der Waals surface area contributed by atoms with Crippen LogP contribution in [-0.2, 0) is 4.74 Å². The Kier molecular flexibility index (Phi) is 5.80. The number of amides is 2. The normalized spacial score (nSPS) is 17.4. The molecule has 8 nitrogen and oxygen atoms in total. The molecule has 2 aromatic rings. The number of rotatable bonds is 3. The van der Waals surface area contributed by atoms with Gasteiger partial charge < -0.3 is 24.8 Å². The lowest BCUT2D eigenvalue weighted by Crippen LogP contribution is -2.50. The number of aryl methyl sites for hydroxylation is 2. The Balaban J connectivity index is 1.34. The van der Waals surface area contributed by atoms with Gasteiger partial charge in [-0.1, -0.05) is 6.07 Å². The van der Waals surface area contributed by atoms with Gasteiger partial charge in [0.25, 0.3) is 0 Å². The summed E-state index contributed by atoms with van der Waals surface area (Å²) in [5.74, 6) is 1.85. The molecule has 0 radical (unpaired) electrons. The second-order valence-electron chi connectivity index (χ2n) is 7.54. The minimum Gasteiger partial charge on any atom is -0.378 e. The summed E-state index contributed by atoms with van der Waals surface area (Å²) in [7, 11) is 0. The molecule has 0 saturated carbocycles. The fourth-order valence-electron chi connectivity index (χ4n) is 3.64. The molecule has 0 spiro atoms. The summed E-state index contributed by atoms with van der Waals surface area (Å²) in [5.41, 5.74) is 3.23. The third kappa shape index (κ3) is 4.59. The monoisotopic (exact) mass is 396 g/mol. The Morgan fingerprint density at radius 2 is 1.55 bits per heavy atom. The number of piperazine rings is 1. The second-order valence-corrected chi connectivity index (χ2v) is 7.54. The van der Waals surface area contributed by atoms with Crippen LogP contribution >= 0.6 is 0 Å². The largest absolute Gasteiger partial charge is 0.378 e. The number of aromatic nitrogens is 2. The number of benzene rings is 1. The molecular formula is C21H28N6O2. The zero-order chi connectivity index (χ0) is 20.2. The molecule has 1 N–H and O–H groups in total. The smallest absolute Gasteiger partial charge is 0.321 e. The van der Waals surface area contributed by atoms with Crippen LogP contribution in [0.3, 0.4) is 0 Å². The third-order valence-electron chi connectivity index (χ3n) is 5.62. The van der Waals surface area contributed by atoms with Gasteiger partial charge in [0.1, 0.15) is 18.0 Å². The lowest BCUT2D eigenvalue weighted by atomic mass is 10.1. The standard InChI is InChI=1S/C21H28N6O2/c1-16-3-4-18(13-17(16)2)24-21(28)27-7-5-25(6-8-27)19-14-20(23-15-22-19)26-9-11-29-12-10-26/h3-4,13-15H,5-12H2,1-2H3,(H,24,28). The summed E-state index contributed by atoms with van der Waals surface area (Å²) in [6, 6.07) is 7.98. The Labute approximate surface area is 171 Å². The van der Waals surface area contributed by atoms with E-state index in [0.717, 1.165) is 56.7 Å². The highest BCUT2D eigenvalue weighted by Crippen LogP contribution is 2.20. The van der Waals surface area contributed by atoms with Crippen LogP contribution in [-0.4, -0.2) is 73.4 Å². The average Bonchev–Trinajstić information content (AvgIpc) is 2.77. The van der Waals surface area contributed by atoms with Gasteiger partial charge in [0.15, 0.2) is 0 Å². The minimum absolute atomic E-state index is 0.0513. The molecular weight excluding hydrogens is 368 g/mol. The van der Waals surface area contributed by atoms with Crippen LogP contribution in [0.1, 0.15) is 11.1 Å². The Bertz CT molecular complexity index is 860. The zero-order valence-corrected chi connectivity index (χ0v) is 17.1. The molecule has 0 aliphatic carbocycles. The van der Waals surface area contributed by atoms with E-state index in [1.807, 2.05) is 29.2 Å². The predicted octanol–water partition coefficient (Wildman–Crippen LogP) is 2.28. The lowest BCUT2D eigenvalue weighted by Gasteiger charge is -2.36. The van der Waals surface area contributed by atoms with E-state index in [0.29, 0.717) is 13.1 Å². The maximum atomic E-state index is 12.6. The van der Waals surface area contributed by atoms with Crippen LogP contribution in [0.4, 0.5) is 22.1 Å². The first kappa shape index (κ1) is 19.4. The SMILES string of the molecule is Cc1ccc(NC(=O)N2CCN(c3cc(N4CCOCC4)ncn3)CC2)cc1C. The van der Waals surface area contributed by atoms with Crippen LogP contribution in [0.25, 0.3) is 0 Å². The molecule has 2 fully saturated rings. The van der Waals surface area contributed by atoms with Crippen molar-refractivity contribution in [2.45, 2.75) is 13.8 Å². The number of nitrogens with zero attached hydrogens (tertiary/aromatic N) is 5. The molecule has 2 saturated heterocycles. The van der Waals surface area contributed by atoms with E-state index in [1.165, 1.54) is 11.1 Å². The molecule has 4 rings (SSSR count). The first-order valence-corrected chi connectivity index (χ1v) is 10.1. The van der Waals surface area contributed by atoms with E-state index in [1.54, 1.807) is 6.33 Å². The van der Waals surface area contributed by atoms with E-state index < -0.39 is 0 Å². The number of carbonyl (C=O) groups is 1. The zero-order valence-electron chi connectivity index (χ0n) is 17.1. The van der Waals surface area contributed by atoms with Crippen molar-refractivity contribution in [3.63, 3.8) is 0 Å². The molecule has 2 aliphatic rings. The molecule has 3 heterocycles. The molecule has 1 aromatic carbocycles. The van der Waals surface area contributed by atoms with Gasteiger partial charge in [0, 0.05) is 51.0 Å². The van der Waals surface area contributed by atoms with Gasteiger partial charge in [-0.05, 0) is 37.1 Å². The molecule has 8 heteroatoms. The van der Waals surface area contributed by atoms with Crippen molar-refractivity contribution < 1.29 is 9.53 Å². The number of anilines is 3. The maximum absolute atomic E-state index is 12.6. The quantitative estimate of drug-likeness (QED) is 0.858. The summed E-state index contributed by atoms with van der Waals surface area (Å²) in [6.45, 7) is 10.1. The Morgan fingerprint density at radius 1 is 0.897 bits per heavy atom. The minimum atomic E-state index is -0.0513.